The van der Waals surface area contributed by atoms with E-state index in [1.807, 2.05) is 36.0 Å². The van der Waals surface area contributed by atoms with Crippen LogP contribution in [0.25, 0.3) is 0 Å². The fraction of sp³-hybridized carbons (Fsp3) is 0.375. The van der Waals surface area contributed by atoms with Crippen LogP contribution in [0.4, 0.5) is 0 Å². The highest BCUT2D eigenvalue weighted by Gasteiger charge is 2.12. The molecule has 2 rings (SSSR count). The van der Waals surface area contributed by atoms with E-state index in [-0.39, 0.29) is 6.04 Å². The largest absolute Gasteiger partial charge is 0.497 e. The van der Waals surface area contributed by atoms with Gasteiger partial charge in [-0.05, 0) is 36.8 Å². The van der Waals surface area contributed by atoms with Gasteiger partial charge in [0.1, 0.15) is 11.5 Å². The first-order valence-electron chi connectivity index (χ1n) is 6.70. The van der Waals surface area contributed by atoms with E-state index in [2.05, 4.69) is 24.5 Å². The summed E-state index contributed by atoms with van der Waals surface area (Å²) in [6.45, 7) is 2.95. The van der Waals surface area contributed by atoms with Crippen molar-refractivity contribution in [3.8, 4) is 11.5 Å². The van der Waals surface area contributed by atoms with Crippen LogP contribution >= 0.6 is 0 Å². The minimum atomic E-state index is 0.181. The van der Waals surface area contributed by atoms with Gasteiger partial charge in [0.15, 0.2) is 0 Å². The van der Waals surface area contributed by atoms with Gasteiger partial charge < -0.3 is 19.4 Å². The van der Waals surface area contributed by atoms with Crippen LogP contribution in [0.2, 0.25) is 0 Å². The molecule has 1 aromatic heterocycles. The zero-order valence-corrected chi connectivity index (χ0v) is 12.5. The van der Waals surface area contributed by atoms with Crippen molar-refractivity contribution in [2.75, 3.05) is 14.2 Å². The number of methoxy groups -OCH3 is 2. The highest BCUT2D eigenvalue weighted by Crippen LogP contribution is 2.29. The SMILES string of the molecule is COc1ccc(OC)c(C(C)NCc2ccn(C)c2)c1. The van der Waals surface area contributed by atoms with Gasteiger partial charge >= 0.3 is 0 Å². The molecule has 1 N–H and O–H groups in total. The Morgan fingerprint density at radius 1 is 1.20 bits per heavy atom. The van der Waals surface area contributed by atoms with E-state index in [0.29, 0.717) is 0 Å². The Bertz CT molecular complexity index is 563. The Kier molecular flexibility index (Phi) is 4.69. The molecule has 1 heterocycles. The van der Waals surface area contributed by atoms with Crippen molar-refractivity contribution < 1.29 is 9.47 Å². The maximum absolute atomic E-state index is 5.42. The fourth-order valence-corrected chi connectivity index (χ4v) is 2.22. The first kappa shape index (κ1) is 14.5. The van der Waals surface area contributed by atoms with Crippen molar-refractivity contribution in [1.29, 1.82) is 0 Å². The first-order valence-corrected chi connectivity index (χ1v) is 6.70. The molecule has 0 spiro atoms. The molecule has 2 aromatic rings. The molecule has 0 amide bonds. The van der Waals surface area contributed by atoms with Crippen LogP contribution in [0, 0.1) is 0 Å². The van der Waals surface area contributed by atoms with Crippen molar-refractivity contribution >= 4 is 0 Å². The standard InChI is InChI=1S/C16H22N2O2/c1-12(17-10-13-7-8-18(2)11-13)15-9-14(19-3)5-6-16(15)20-4/h5-9,11-12,17H,10H2,1-4H3. The molecule has 4 nitrogen and oxygen atoms in total. The molecule has 0 aliphatic heterocycles. The molecule has 0 aliphatic carbocycles. The van der Waals surface area contributed by atoms with Gasteiger partial charge in [-0.1, -0.05) is 0 Å². The van der Waals surface area contributed by atoms with Gasteiger partial charge in [-0.2, -0.15) is 0 Å². The number of rotatable bonds is 6. The lowest BCUT2D eigenvalue weighted by Crippen LogP contribution is -2.18. The Balaban J connectivity index is 2.09. The zero-order valence-electron chi connectivity index (χ0n) is 12.5. The van der Waals surface area contributed by atoms with E-state index in [0.717, 1.165) is 23.6 Å². The van der Waals surface area contributed by atoms with Crippen molar-refractivity contribution in [2.24, 2.45) is 7.05 Å². The lowest BCUT2D eigenvalue weighted by molar-refractivity contribution is 0.391. The van der Waals surface area contributed by atoms with Gasteiger partial charge in [-0.3, -0.25) is 0 Å². The topological polar surface area (TPSA) is 35.4 Å². The van der Waals surface area contributed by atoms with E-state index in [1.54, 1.807) is 14.2 Å². The van der Waals surface area contributed by atoms with Crippen LogP contribution < -0.4 is 14.8 Å². The Morgan fingerprint density at radius 3 is 2.60 bits per heavy atom. The van der Waals surface area contributed by atoms with Gasteiger partial charge in [0.25, 0.3) is 0 Å². The third-order valence-electron chi connectivity index (χ3n) is 3.41. The number of hydrogen-bond acceptors (Lipinski definition) is 3. The molecule has 0 bridgehead atoms. The van der Waals surface area contributed by atoms with Crippen LogP contribution in [0.5, 0.6) is 11.5 Å². The third kappa shape index (κ3) is 3.33. The average molecular weight is 274 g/mol. The summed E-state index contributed by atoms with van der Waals surface area (Å²) in [4.78, 5) is 0. The molecular weight excluding hydrogens is 252 g/mol. The number of aryl methyl sites for hydroxylation is 1. The summed E-state index contributed by atoms with van der Waals surface area (Å²) in [7, 11) is 5.39. The maximum Gasteiger partial charge on any atom is 0.123 e. The Morgan fingerprint density at radius 2 is 2.00 bits per heavy atom. The summed E-state index contributed by atoms with van der Waals surface area (Å²) in [5.41, 5.74) is 2.36. The fourth-order valence-electron chi connectivity index (χ4n) is 2.22. The van der Waals surface area contributed by atoms with E-state index in [9.17, 15) is 0 Å². The Labute approximate surface area is 120 Å². The van der Waals surface area contributed by atoms with E-state index in [4.69, 9.17) is 9.47 Å². The second kappa shape index (κ2) is 6.48. The molecule has 0 saturated carbocycles. The highest BCUT2D eigenvalue weighted by molar-refractivity contribution is 5.42. The van der Waals surface area contributed by atoms with Crippen LogP contribution in [-0.4, -0.2) is 18.8 Å². The third-order valence-corrected chi connectivity index (χ3v) is 3.41. The van der Waals surface area contributed by atoms with Gasteiger partial charge in [-0.25, -0.2) is 0 Å². The molecule has 4 heteroatoms. The predicted molar refractivity (Wildman–Crippen MR) is 80.2 cm³/mol. The second-order valence-electron chi connectivity index (χ2n) is 4.90. The number of nitrogens with one attached hydrogen (secondary N) is 1. The van der Waals surface area contributed by atoms with Gasteiger partial charge in [-0.15, -0.1) is 0 Å². The molecule has 0 aliphatic rings. The summed E-state index contributed by atoms with van der Waals surface area (Å²) >= 11 is 0. The molecule has 20 heavy (non-hydrogen) atoms. The highest BCUT2D eigenvalue weighted by atomic mass is 16.5. The predicted octanol–water partition coefficient (Wildman–Crippen LogP) is 2.89. The molecule has 1 atom stereocenters. The lowest BCUT2D eigenvalue weighted by Gasteiger charge is -2.18. The summed E-state index contributed by atoms with van der Waals surface area (Å²) in [6.07, 6.45) is 4.16. The summed E-state index contributed by atoms with van der Waals surface area (Å²) in [5.74, 6) is 1.72. The number of benzene rings is 1. The van der Waals surface area contributed by atoms with Crippen molar-refractivity contribution in [3.05, 3.63) is 47.8 Å². The van der Waals surface area contributed by atoms with Crippen LogP contribution in [0.1, 0.15) is 24.1 Å². The second-order valence-corrected chi connectivity index (χ2v) is 4.90. The normalized spacial score (nSPS) is 12.2. The monoisotopic (exact) mass is 274 g/mol. The molecular formula is C16H22N2O2. The van der Waals surface area contributed by atoms with Crippen molar-refractivity contribution in [1.82, 2.24) is 9.88 Å². The lowest BCUT2D eigenvalue weighted by atomic mass is 10.1. The quantitative estimate of drug-likeness (QED) is 0.879. The average Bonchev–Trinajstić information content (AvgIpc) is 2.89. The molecule has 1 aromatic carbocycles. The van der Waals surface area contributed by atoms with Crippen LogP contribution in [-0.2, 0) is 13.6 Å². The van der Waals surface area contributed by atoms with Gasteiger partial charge in [0, 0.05) is 37.6 Å². The maximum atomic E-state index is 5.42. The summed E-state index contributed by atoms with van der Waals surface area (Å²) in [5, 5.41) is 3.51. The smallest absolute Gasteiger partial charge is 0.123 e. The first-order chi connectivity index (χ1) is 9.63. The van der Waals surface area contributed by atoms with Crippen LogP contribution in [0.3, 0.4) is 0 Å². The minimum Gasteiger partial charge on any atom is -0.497 e. The number of aromatic nitrogens is 1. The van der Waals surface area contributed by atoms with Crippen molar-refractivity contribution in [2.45, 2.75) is 19.5 Å². The van der Waals surface area contributed by atoms with Crippen LogP contribution in [0.15, 0.2) is 36.7 Å². The summed E-state index contributed by atoms with van der Waals surface area (Å²) in [6, 6.07) is 8.16. The van der Waals surface area contributed by atoms with Crippen molar-refractivity contribution in [3.63, 3.8) is 0 Å². The van der Waals surface area contributed by atoms with E-state index >= 15 is 0 Å². The number of hydrogen-bond donors (Lipinski definition) is 1. The van der Waals surface area contributed by atoms with Gasteiger partial charge in [0.05, 0.1) is 14.2 Å². The molecule has 0 fully saturated rings. The minimum absolute atomic E-state index is 0.181. The number of nitrogens with zero attached hydrogens (tertiary/aromatic N) is 1. The molecule has 0 saturated heterocycles. The van der Waals surface area contributed by atoms with E-state index < -0.39 is 0 Å². The molecule has 1 unspecified atom stereocenters. The molecule has 108 valence electrons. The molecule has 0 radical (unpaired) electrons. The zero-order chi connectivity index (χ0) is 14.5. The van der Waals surface area contributed by atoms with E-state index in [1.165, 1.54) is 5.56 Å². The Hall–Kier alpha value is -1.94. The number of ether oxygens (including phenoxy) is 2. The summed E-state index contributed by atoms with van der Waals surface area (Å²) < 4.78 is 12.8. The van der Waals surface area contributed by atoms with Gasteiger partial charge in [0.2, 0.25) is 0 Å².